The van der Waals surface area contributed by atoms with Gasteiger partial charge in [0.15, 0.2) is 0 Å². The maximum absolute atomic E-state index is 12.6. The van der Waals surface area contributed by atoms with Crippen LogP contribution in [0.15, 0.2) is 24.3 Å². The molecule has 2 heterocycles. The molecule has 1 aromatic rings. The molecular weight excluding hydrogens is 292 g/mol. The number of carbonyl (C=O) groups is 2. The van der Waals surface area contributed by atoms with Crippen molar-refractivity contribution >= 4 is 11.8 Å². The second-order valence-corrected chi connectivity index (χ2v) is 6.55. The lowest BCUT2D eigenvalue weighted by Crippen LogP contribution is -2.38. The third kappa shape index (κ3) is 3.39. The fourth-order valence-electron chi connectivity index (χ4n) is 3.48. The molecule has 0 bridgehead atoms. The van der Waals surface area contributed by atoms with Gasteiger partial charge in [0.05, 0.1) is 18.1 Å². The first-order valence-electron chi connectivity index (χ1n) is 8.28. The third-order valence-electron chi connectivity index (χ3n) is 4.87. The first-order chi connectivity index (χ1) is 11.1. The molecule has 0 aliphatic carbocycles. The van der Waals surface area contributed by atoms with Gasteiger partial charge >= 0.3 is 0 Å². The van der Waals surface area contributed by atoms with Gasteiger partial charge in [0.25, 0.3) is 0 Å². The van der Waals surface area contributed by atoms with Gasteiger partial charge in [-0.05, 0) is 25.3 Å². The minimum Gasteiger partial charge on any atom is -0.376 e. The Morgan fingerprint density at radius 3 is 2.74 bits per heavy atom. The van der Waals surface area contributed by atoms with Gasteiger partial charge in [0.1, 0.15) is 0 Å². The molecule has 2 amide bonds. The molecule has 1 N–H and O–H groups in total. The molecule has 5 heteroatoms. The van der Waals surface area contributed by atoms with Crippen molar-refractivity contribution in [3.63, 3.8) is 0 Å². The minimum atomic E-state index is -0.336. The van der Waals surface area contributed by atoms with Crippen LogP contribution in [0.5, 0.6) is 0 Å². The highest BCUT2D eigenvalue weighted by atomic mass is 16.5. The van der Waals surface area contributed by atoms with E-state index in [1.807, 2.05) is 31.2 Å². The van der Waals surface area contributed by atoms with Crippen molar-refractivity contribution in [2.45, 2.75) is 38.3 Å². The second-order valence-electron chi connectivity index (χ2n) is 6.55. The van der Waals surface area contributed by atoms with Gasteiger partial charge in [0.2, 0.25) is 11.8 Å². The summed E-state index contributed by atoms with van der Waals surface area (Å²) in [5, 5.41) is 2.98. The van der Waals surface area contributed by atoms with Crippen LogP contribution in [0.1, 0.15) is 36.4 Å². The summed E-state index contributed by atoms with van der Waals surface area (Å²) in [6, 6.07) is 7.87. The topological polar surface area (TPSA) is 58.6 Å². The van der Waals surface area contributed by atoms with Crippen LogP contribution in [0.3, 0.4) is 0 Å². The molecule has 23 heavy (non-hydrogen) atoms. The lowest BCUT2D eigenvalue weighted by atomic mass is 9.92. The van der Waals surface area contributed by atoms with E-state index < -0.39 is 0 Å². The average molecular weight is 316 g/mol. The minimum absolute atomic E-state index is 0.0211. The quantitative estimate of drug-likeness (QED) is 0.921. The van der Waals surface area contributed by atoms with E-state index in [4.69, 9.17) is 4.74 Å². The molecule has 5 nitrogen and oxygen atoms in total. The van der Waals surface area contributed by atoms with Crippen molar-refractivity contribution in [1.82, 2.24) is 10.2 Å². The van der Waals surface area contributed by atoms with Crippen molar-refractivity contribution < 1.29 is 14.3 Å². The van der Waals surface area contributed by atoms with Crippen LogP contribution < -0.4 is 5.32 Å². The predicted molar refractivity (Wildman–Crippen MR) is 86.8 cm³/mol. The number of benzene rings is 1. The van der Waals surface area contributed by atoms with Crippen molar-refractivity contribution in [2.24, 2.45) is 5.92 Å². The van der Waals surface area contributed by atoms with Crippen LogP contribution in [0, 0.1) is 12.8 Å². The molecule has 3 unspecified atom stereocenters. The maximum Gasteiger partial charge on any atom is 0.226 e. The van der Waals surface area contributed by atoms with Gasteiger partial charge in [-0.2, -0.15) is 0 Å². The molecule has 2 aliphatic rings. The smallest absolute Gasteiger partial charge is 0.226 e. The number of ether oxygens (including phenoxy) is 1. The summed E-state index contributed by atoms with van der Waals surface area (Å²) in [4.78, 5) is 26.4. The normalized spacial score (nSPS) is 27.5. The highest BCUT2D eigenvalue weighted by Gasteiger charge is 2.42. The van der Waals surface area contributed by atoms with Crippen LogP contribution in [-0.4, -0.2) is 43.0 Å². The summed E-state index contributed by atoms with van der Waals surface area (Å²) in [7, 11) is 1.78. The van der Waals surface area contributed by atoms with E-state index in [9.17, 15) is 9.59 Å². The zero-order chi connectivity index (χ0) is 16.4. The van der Waals surface area contributed by atoms with E-state index in [-0.39, 0.29) is 36.3 Å². The Hall–Kier alpha value is -1.88. The largest absolute Gasteiger partial charge is 0.376 e. The Kier molecular flexibility index (Phi) is 4.66. The van der Waals surface area contributed by atoms with Crippen molar-refractivity contribution in [3.8, 4) is 0 Å². The lowest BCUT2D eigenvalue weighted by molar-refractivity contribution is -0.128. The Morgan fingerprint density at radius 2 is 2.09 bits per heavy atom. The zero-order valence-electron chi connectivity index (χ0n) is 13.7. The fourth-order valence-corrected chi connectivity index (χ4v) is 3.48. The van der Waals surface area contributed by atoms with E-state index in [1.54, 1.807) is 11.9 Å². The molecular formula is C18H24N2O3. The number of rotatable bonds is 4. The molecule has 2 aliphatic heterocycles. The van der Waals surface area contributed by atoms with E-state index in [0.717, 1.165) is 25.0 Å². The molecule has 2 fully saturated rings. The molecule has 0 spiro atoms. The molecule has 0 radical (unpaired) electrons. The van der Waals surface area contributed by atoms with Gasteiger partial charge < -0.3 is 15.0 Å². The molecule has 124 valence electrons. The third-order valence-corrected chi connectivity index (χ3v) is 4.87. The summed E-state index contributed by atoms with van der Waals surface area (Å²) in [6.45, 7) is 3.34. The monoisotopic (exact) mass is 316 g/mol. The number of aryl methyl sites for hydroxylation is 1. The number of nitrogens with zero attached hydrogens (tertiary/aromatic N) is 1. The van der Waals surface area contributed by atoms with Crippen LogP contribution in [0.2, 0.25) is 0 Å². The van der Waals surface area contributed by atoms with Crippen LogP contribution in [-0.2, 0) is 14.3 Å². The maximum atomic E-state index is 12.6. The number of hydrogen-bond acceptors (Lipinski definition) is 3. The van der Waals surface area contributed by atoms with E-state index >= 15 is 0 Å². The van der Waals surface area contributed by atoms with Gasteiger partial charge in [-0.3, -0.25) is 9.59 Å². The van der Waals surface area contributed by atoms with Gasteiger partial charge in [-0.25, -0.2) is 0 Å². The summed E-state index contributed by atoms with van der Waals surface area (Å²) in [5.41, 5.74) is 2.18. The highest BCUT2D eigenvalue weighted by molar-refractivity contribution is 5.90. The van der Waals surface area contributed by atoms with Crippen LogP contribution >= 0.6 is 0 Å². The summed E-state index contributed by atoms with van der Waals surface area (Å²) >= 11 is 0. The summed E-state index contributed by atoms with van der Waals surface area (Å²) in [6.07, 6.45) is 2.43. The highest BCUT2D eigenvalue weighted by Crippen LogP contribution is 2.37. The lowest BCUT2D eigenvalue weighted by Gasteiger charge is -2.25. The van der Waals surface area contributed by atoms with Crippen molar-refractivity contribution in [1.29, 1.82) is 0 Å². The van der Waals surface area contributed by atoms with Crippen LogP contribution in [0.25, 0.3) is 0 Å². The second kappa shape index (κ2) is 6.71. The van der Waals surface area contributed by atoms with E-state index in [0.29, 0.717) is 6.54 Å². The molecule has 2 saturated heterocycles. The zero-order valence-corrected chi connectivity index (χ0v) is 13.7. The fraction of sp³-hybridized carbons (Fsp3) is 0.556. The van der Waals surface area contributed by atoms with Crippen LogP contribution in [0.4, 0.5) is 0 Å². The number of carbonyl (C=O) groups excluding carboxylic acids is 2. The van der Waals surface area contributed by atoms with E-state index in [2.05, 4.69) is 5.32 Å². The summed E-state index contributed by atoms with van der Waals surface area (Å²) in [5.74, 6) is -0.367. The molecule has 3 atom stereocenters. The van der Waals surface area contributed by atoms with Gasteiger partial charge in [-0.15, -0.1) is 0 Å². The molecule has 0 saturated carbocycles. The number of amides is 2. The Morgan fingerprint density at radius 1 is 1.35 bits per heavy atom. The first kappa shape index (κ1) is 16.0. The number of nitrogens with one attached hydrogen (secondary N) is 1. The average Bonchev–Trinajstić information content (AvgIpc) is 3.15. The van der Waals surface area contributed by atoms with Crippen molar-refractivity contribution in [2.75, 3.05) is 20.2 Å². The molecule has 0 aromatic heterocycles. The van der Waals surface area contributed by atoms with Crippen molar-refractivity contribution in [3.05, 3.63) is 35.4 Å². The van der Waals surface area contributed by atoms with Gasteiger partial charge in [0, 0.05) is 26.6 Å². The number of likely N-dealkylation sites (tertiary alicyclic amines) is 1. The predicted octanol–water partition coefficient (Wildman–Crippen LogP) is 1.81. The van der Waals surface area contributed by atoms with E-state index in [1.165, 1.54) is 5.56 Å². The summed E-state index contributed by atoms with van der Waals surface area (Å²) < 4.78 is 5.54. The SMILES string of the molecule is Cc1ccc(C2C(C(=O)NCC3CCCO3)CC(=O)N2C)cc1. The number of hydrogen-bond donors (Lipinski definition) is 1. The Balaban J connectivity index is 1.71. The molecule has 3 rings (SSSR count). The molecule has 1 aromatic carbocycles. The standard InChI is InChI=1S/C18H24N2O3/c1-12-5-7-13(8-6-12)17-15(10-16(21)20(17)2)18(22)19-11-14-4-3-9-23-14/h5-8,14-15,17H,3-4,9-11H2,1-2H3,(H,19,22). The first-order valence-corrected chi connectivity index (χ1v) is 8.28. The van der Waals surface area contributed by atoms with Gasteiger partial charge in [-0.1, -0.05) is 29.8 Å². The Labute approximate surface area is 137 Å². The Bertz CT molecular complexity index is 578.